The zero-order chi connectivity index (χ0) is 10.2. The zero-order valence-electron chi connectivity index (χ0n) is 9.27. The average molecular weight is 181 g/mol. The molecule has 0 saturated heterocycles. The van der Waals surface area contributed by atoms with Crippen LogP contribution in [0.25, 0.3) is 0 Å². The second kappa shape index (κ2) is 3.26. The lowest BCUT2D eigenvalue weighted by Gasteiger charge is -2.38. The summed E-state index contributed by atoms with van der Waals surface area (Å²) < 4.78 is 0. The predicted octanol–water partition coefficient (Wildman–Crippen LogP) is 2.01. The summed E-state index contributed by atoms with van der Waals surface area (Å²) in [6.45, 7) is 11.9. The number of hydrogen-bond donors (Lipinski definition) is 0. The molecule has 0 fully saturated rings. The van der Waals surface area contributed by atoms with E-state index in [9.17, 15) is 4.79 Å². The monoisotopic (exact) mass is 181 g/mol. The minimum Gasteiger partial charge on any atom is -0.293 e. The Hall–Kier alpha value is -0.630. The number of ketones is 1. The van der Waals surface area contributed by atoms with Crippen molar-refractivity contribution in [1.82, 2.24) is 4.90 Å². The van der Waals surface area contributed by atoms with Crippen molar-refractivity contribution in [3.8, 4) is 0 Å². The van der Waals surface area contributed by atoms with E-state index in [-0.39, 0.29) is 11.3 Å². The van der Waals surface area contributed by atoms with Gasteiger partial charge in [0.05, 0.1) is 6.54 Å². The van der Waals surface area contributed by atoms with Gasteiger partial charge in [0.2, 0.25) is 0 Å². The zero-order valence-corrected chi connectivity index (χ0v) is 9.27. The van der Waals surface area contributed by atoms with Gasteiger partial charge in [-0.25, -0.2) is 0 Å². The van der Waals surface area contributed by atoms with Crippen LogP contribution in [0.5, 0.6) is 0 Å². The Kier molecular flexibility index (Phi) is 2.62. The molecule has 0 amide bonds. The fraction of sp³-hybridized carbons (Fsp3) is 0.727. The van der Waals surface area contributed by atoms with Crippen LogP contribution in [0.4, 0.5) is 0 Å². The van der Waals surface area contributed by atoms with Gasteiger partial charge in [-0.2, -0.15) is 0 Å². The number of rotatable bonds is 0. The van der Waals surface area contributed by atoms with Crippen LogP contribution in [0.2, 0.25) is 0 Å². The molecule has 2 heteroatoms. The highest BCUT2D eigenvalue weighted by Gasteiger charge is 2.28. The fourth-order valence-corrected chi connectivity index (χ4v) is 1.47. The van der Waals surface area contributed by atoms with Gasteiger partial charge in [-0.3, -0.25) is 9.69 Å². The van der Waals surface area contributed by atoms with Crippen molar-refractivity contribution in [3.05, 3.63) is 11.1 Å². The molecule has 0 spiro atoms. The second-order valence-corrected chi connectivity index (χ2v) is 4.86. The smallest absolute Gasteiger partial charge is 0.172 e. The molecule has 0 aliphatic carbocycles. The molecule has 0 unspecified atom stereocenters. The van der Waals surface area contributed by atoms with E-state index in [2.05, 4.69) is 25.7 Å². The highest BCUT2D eigenvalue weighted by Crippen LogP contribution is 2.21. The summed E-state index contributed by atoms with van der Waals surface area (Å²) in [7, 11) is 0. The number of nitrogens with zero attached hydrogens (tertiary/aromatic N) is 1. The molecule has 1 heterocycles. The van der Waals surface area contributed by atoms with Gasteiger partial charge in [-0.15, -0.1) is 0 Å². The number of hydrogen-bond acceptors (Lipinski definition) is 2. The lowest BCUT2D eigenvalue weighted by molar-refractivity contribution is -0.118. The Morgan fingerprint density at radius 3 is 2.08 bits per heavy atom. The van der Waals surface area contributed by atoms with Crippen molar-refractivity contribution in [2.45, 2.75) is 40.2 Å². The van der Waals surface area contributed by atoms with Gasteiger partial charge in [0.15, 0.2) is 5.78 Å². The maximum Gasteiger partial charge on any atom is 0.172 e. The fourth-order valence-electron chi connectivity index (χ4n) is 1.47. The van der Waals surface area contributed by atoms with Crippen LogP contribution in [0.3, 0.4) is 0 Å². The van der Waals surface area contributed by atoms with Gasteiger partial charge in [0.1, 0.15) is 0 Å². The molecule has 2 nitrogen and oxygen atoms in total. The third-order valence-electron chi connectivity index (χ3n) is 2.77. The van der Waals surface area contributed by atoms with Crippen molar-refractivity contribution >= 4 is 5.78 Å². The summed E-state index contributed by atoms with van der Waals surface area (Å²) in [5.41, 5.74) is 2.27. The summed E-state index contributed by atoms with van der Waals surface area (Å²) in [4.78, 5) is 13.8. The lowest BCUT2D eigenvalue weighted by atomic mass is 9.96. The normalized spacial score (nSPS) is 21.2. The number of carbonyl (C=O) groups excluding carboxylic acids is 1. The molecule has 0 aromatic heterocycles. The van der Waals surface area contributed by atoms with Gasteiger partial charge in [0.25, 0.3) is 0 Å². The predicted molar refractivity (Wildman–Crippen MR) is 54.7 cm³/mol. The first-order valence-corrected chi connectivity index (χ1v) is 4.77. The van der Waals surface area contributed by atoms with E-state index in [1.54, 1.807) is 0 Å². The van der Waals surface area contributed by atoms with Crippen LogP contribution in [-0.4, -0.2) is 29.3 Å². The van der Waals surface area contributed by atoms with E-state index in [1.165, 1.54) is 5.57 Å². The van der Waals surface area contributed by atoms with Gasteiger partial charge in [0, 0.05) is 12.1 Å². The Morgan fingerprint density at radius 2 is 1.69 bits per heavy atom. The molecule has 0 radical (unpaired) electrons. The molecule has 74 valence electrons. The molecule has 1 aliphatic rings. The van der Waals surface area contributed by atoms with Crippen LogP contribution < -0.4 is 0 Å². The lowest BCUT2D eigenvalue weighted by Crippen LogP contribution is -2.48. The summed E-state index contributed by atoms with van der Waals surface area (Å²) in [6, 6.07) is 0. The standard InChI is InChI=1S/C11H19NO/c1-8-6-12(11(3,4)5)7-10(13)9(8)2/h6-7H2,1-5H3. The molecule has 0 N–H and O–H groups in total. The van der Waals surface area contributed by atoms with E-state index < -0.39 is 0 Å². The molecule has 0 saturated carbocycles. The van der Waals surface area contributed by atoms with Crippen molar-refractivity contribution < 1.29 is 4.79 Å². The minimum atomic E-state index is 0.0949. The maximum absolute atomic E-state index is 11.6. The van der Waals surface area contributed by atoms with Gasteiger partial charge in [-0.1, -0.05) is 5.57 Å². The Morgan fingerprint density at radius 1 is 1.15 bits per heavy atom. The van der Waals surface area contributed by atoms with Crippen LogP contribution in [0, 0.1) is 0 Å². The first kappa shape index (κ1) is 10.5. The van der Waals surface area contributed by atoms with E-state index in [4.69, 9.17) is 0 Å². The average Bonchev–Trinajstić information content (AvgIpc) is 1.97. The second-order valence-electron chi connectivity index (χ2n) is 4.86. The third-order valence-corrected chi connectivity index (χ3v) is 2.77. The van der Waals surface area contributed by atoms with Crippen LogP contribution in [0.1, 0.15) is 34.6 Å². The molecule has 0 atom stereocenters. The summed E-state index contributed by atoms with van der Waals surface area (Å²) in [6.07, 6.45) is 0. The first-order valence-electron chi connectivity index (χ1n) is 4.77. The highest BCUT2D eigenvalue weighted by atomic mass is 16.1. The molecule has 1 rings (SSSR count). The maximum atomic E-state index is 11.6. The van der Waals surface area contributed by atoms with Crippen molar-refractivity contribution in [3.63, 3.8) is 0 Å². The molecule has 13 heavy (non-hydrogen) atoms. The third kappa shape index (κ3) is 2.19. The van der Waals surface area contributed by atoms with Crippen molar-refractivity contribution in [2.24, 2.45) is 0 Å². The Balaban J connectivity index is 2.86. The molecular formula is C11H19NO. The van der Waals surface area contributed by atoms with E-state index >= 15 is 0 Å². The summed E-state index contributed by atoms with van der Waals surface area (Å²) >= 11 is 0. The van der Waals surface area contributed by atoms with Crippen molar-refractivity contribution in [1.29, 1.82) is 0 Å². The molecule has 0 bridgehead atoms. The van der Waals surface area contributed by atoms with Crippen LogP contribution in [0.15, 0.2) is 11.1 Å². The van der Waals surface area contributed by atoms with Crippen molar-refractivity contribution in [2.75, 3.05) is 13.1 Å². The minimum absolute atomic E-state index is 0.0949. The Bertz CT molecular complexity index is 258. The van der Waals surface area contributed by atoms with Gasteiger partial charge in [-0.05, 0) is 40.2 Å². The highest BCUT2D eigenvalue weighted by molar-refractivity contribution is 5.97. The van der Waals surface area contributed by atoms with Gasteiger partial charge < -0.3 is 0 Å². The van der Waals surface area contributed by atoms with Crippen LogP contribution >= 0.6 is 0 Å². The molecular weight excluding hydrogens is 162 g/mol. The van der Waals surface area contributed by atoms with Gasteiger partial charge >= 0.3 is 0 Å². The summed E-state index contributed by atoms with van der Waals surface area (Å²) in [5, 5.41) is 0. The molecule has 1 aliphatic heterocycles. The SMILES string of the molecule is CC1=C(C)C(=O)CN(C(C)(C)C)C1. The quantitative estimate of drug-likeness (QED) is 0.569. The van der Waals surface area contributed by atoms with E-state index in [1.807, 2.05) is 13.8 Å². The van der Waals surface area contributed by atoms with Crippen LogP contribution in [-0.2, 0) is 4.79 Å². The van der Waals surface area contributed by atoms with E-state index in [0.717, 1.165) is 12.1 Å². The first-order chi connectivity index (χ1) is 5.82. The topological polar surface area (TPSA) is 20.3 Å². The number of Topliss-reactive ketones (excluding diaryl/α,β-unsaturated/α-hetero) is 1. The molecule has 0 aromatic rings. The Labute approximate surface area is 80.6 Å². The number of carbonyl (C=O) groups is 1. The van der Waals surface area contributed by atoms with E-state index in [0.29, 0.717) is 6.54 Å². The largest absolute Gasteiger partial charge is 0.293 e. The molecule has 0 aromatic carbocycles. The summed E-state index contributed by atoms with van der Waals surface area (Å²) in [5.74, 6) is 0.277.